The maximum Gasteiger partial charge on any atom is 0.234 e. The second-order valence-electron chi connectivity index (χ2n) is 5.16. The average Bonchev–Trinajstić information content (AvgIpc) is 3.40. The number of H-pyrrole nitrogens is 2. The number of rotatable bonds is 8. The van der Waals surface area contributed by atoms with Gasteiger partial charge in [0.25, 0.3) is 0 Å². The highest BCUT2D eigenvalue weighted by molar-refractivity contribution is 8.00. The molecule has 2 aromatic heterocycles. The van der Waals surface area contributed by atoms with Gasteiger partial charge in [0, 0.05) is 5.69 Å². The van der Waals surface area contributed by atoms with Gasteiger partial charge in [-0.15, -0.1) is 10.2 Å². The molecule has 0 fully saturated rings. The van der Waals surface area contributed by atoms with Gasteiger partial charge in [-0.25, -0.2) is 0 Å². The van der Waals surface area contributed by atoms with Gasteiger partial charge in [0.05, 0.1) is 35.2 Å². The van der Waals surface area contributed by atoms with E-state index in [9.17, 15) is 14.9 Å². The molecule has 0 saturated carbocycles. The van der Waals surface area contributed by atoms with E-state index in [-0.39, 0.29) is 28.9 Å². The lowest BCUT2D eigenvalue weighted by atomic mass is 10.1. The fourth-order valence-electron chi connectivity index (χ4n) is 2.01. The standard InChI is InChI=1S/C15H13N9O2S2/c16-4-9-3-10(19-12(25)7-27-14-5-17-23-21-14)1-2-11(9)20-13(26)8-28-15-6-18-24-22-15/h1-3,5-6H,7-8H2,(H,19,25)(H,20,26)(H,17,21,23)(H,18,22,24). The quantitative estimate of drug-likeness (QED) is 0.396. The zero-order chi connectivity index (χ0) is 19.8. The number of amides is 2. The molecule has 142 valence electrons. The average molecular weight is 415 g/mol. The molecule has 3 rings (SSSR count). The molecular formula is C15H13N9O2S2. The van der Waals surface area contributed by atoms with Crippen LogP contribution >= 0.6 is 23.5 Å². The van der Waals surface area contributed by atoms with E-state index in [1.807, 2.05) is 6.07 Å². The third-order valence-electron chi connectivity index (χ3n) is 3.19. The van der Waals surface area contributed by atoms with Crippen molar-refractivity contribution in [1.29, 1.82) is 5.26 Å². The minimum atomic E-state index is -0.287. The second-order valence-corrected chi connectivity index (χ2v) is 7.15. The van der Waals surface area contributed by atoms with Gasteiger partial charge in [0.1, 0.15) is 16.1 Å². The first-order valence-corrected chi connectivity index (χ1v) is 9.72. The van der Waals surface area contributed by atoms with Crippen LogP contribution in [0.15, 0.2) is 40.6 Å². The number of carbonyl (C=O) groups is 2. The summed E-state index contributed by atoms with van der Waals surface area (Å²) in [5.74, 6) is -0.274. The summed E-state index contributed by atoms with van der Waals surface area (Å²) in [6.07, 6.45) is 3.03. The molecule has 0 aliphatic heterocycles. The Labute approximate surface area is 167 Å². The van der Waals surface area contributed by atoms with Gasteiger partial charge in [-0.2, -0.15) is 25.9 Å². The summed E-state index contributed by atoms with van der Waals surface area (Å²) < 4.78 is 0. The third kappa shape index (κ3) is 5.56. The number of carbonyl (C=O) groups excluding carboxylic acids is 2. The van der Waals surface area contributed by atoms with Crippen molar-refractivity contribution in [3.63, 3.8) is 0 Å². The molecule has 0 aliphatic rings. The predicted molar refractivity (Wildman–Crippen MR) is 103 cm³/mol. The second kappa shape index (κ2) is 9.53. The minimum Gasteiger partial charge on any atom is -0.325 e. The summed E-state index contributed by atoms with van der Waals surface area (Å²) in [5, 5.41) is 35.8. The first-order valence-electron chi connectivity index (χ1n) is 7.75. The van der Waals surface area contributed by atoms with Crippen molar-refractivity contribution in [1.82, 2.24) is 30.8 Å². The van der Waals surface area contributed by atoms with Crippen LogP contribution in [-0.4, -0.2) is 54.1 Å². The fourth-order valence-corrected chi connectivity index (χ4v) is 3.17. The first-order chi connectivity index (χ1) is 13.6. The highest BCUT2D eigenvalue weighted by atomic mass is 32.2. The topological polar surface area (TPSA) is 165 Å². The zero-order valence-electron chi connectivity index (χ0n) is 14.2. The smallest absolute Gasteiger partial charge is 0.234 e. The Morgan fingerprint density at radius 1 is 1.00 bits per heavy atom. The molecule has 0 radical (unpaired) electrons. The molecule has 28 heavy (non-hydrogen) atoms. The Balaban J connectivity index is 1.54. The van der Waals surface area contributed by atoms with Crippen LogP contribution in [0.5, 0.6) is 0 Å². The lowest BCUT2D eigenvalue weighted by Gasteiger charge is -2.09. The number of anilines is 2. The van der Waals surface area contributed by atoms with Gasteiger partial charge in [0.2, 0.25) is 11.8 Å². The van der Waals surface area contributed by atoms with E-state index in [1.54, 1.807) is 12.1 Å². The summed E-state index contributed by atoms with van der Waals surface area (Å²) in [4.78, 5) is 24.1. The van der Waals surface area contributed by atoms with Gasteiger partial charge in [-0.3, -0.25) is 9.59 Å². The maximum atomic E-state index is 12.1. The van der Waals surface area contributed by atoms with Gasteiger partial charge in [-0.1, -0.05) is 23.5 Å². The van der Waals surface area contributed by atoms with Gasteiger partial charge in [0.15, 0.2) is 0 Å². The zero-order valence-corrected chi connectivity index (χ0v) is 15.8. The molecule has 2 heterocycles. The SMILES string of the molecule is N#Cc1cc(NC(=O)CSc2cn[nH]n2)ccc1NC(=O)CSc1cn[nH]n1. The van der Waals surface area contributed by atoms with E-state index in [4.69, 9.17) is 0 Å². The highest BCUT2D eigenvalue weighted by Gasteiger charge is 2.11. The van der Waals surface area contributed by atoms with Crippen LogP contribution in [0.1, 0.15) is 5.56 Å². The molecule has 0 bridgehead atoms. The molecule has 4 N–H and O–H groups in total. The first kappa shape index (κ1) is 19.4. The largest absolute Gasteiger partial charge is 0.325 e. The van der Waals surface area contributed by atoms with Crippen molar-refractivity contribution in [3.05, 3.63) is 36.2 Å². The molecular weight excluding hydrogens is 402 g/mol. The number of benzene rings is 1. The number of aromatic nitrogens is 6. The van der Waals surface area contributed by atoms with Crippen LogP contribution < -0.4 is 10.6 Å². The minimum absolute atomic E-state index is 0.120. The van der Waals surface area contributed by atoms with Crippen molar-refractivity contribution in [3.8, 4) is 6.07 Å². The number of aromatic amines is 2. The molecule has 13 heteroatoms. The monoisotopic (exact) mass is 415 g/mol. The van der Waals surface area contributed by atoms with Crippen LogP contribution in [0.4, 0.5) is 11.4 Å². The summed E-state index contributed by atoms with van der Waals surface area (Å²) >= 11 is 2.44. The summed E-state index contributed by atoms with van der Waals surface area (Å²) in [7, 11) is 0. The van der Waals surface area contributed by atoms with Crippen LogP contribution in [0, 0.1) is 11.3 Å². The summed E-state index contributed by atoms with van der Waals surface area (Å²) in [6.45, 7) is 0. The fraction of sp³-hybridized carbons (Fsp3) is 0.133. The number of hydrogen-bond donors (Lipinski definition) is 4. The molecule has 0 spiro atoms. The van der Waals surface area contributed by atoms with E-state index >= 15 is 0 Å². The molecule has 0 unspecified atom stereocenters. The Morgan fingerprint density at radius 3 is 2.14 bits per heavy atom. The van der Waals surface area contributed by atoms with Crippen molar-refractivity contribution in [2.24, 2.45) is 0 Å². The lowest BCUT2D eigenvalue weighted by Crippen LogP contribution is -2.16. The van der Waals surface area contributed by atoms with Gasteiger partial charge in [-0.05, 0) is 18.2 Å². The van der Waals surface area contributed by atoms with E-state index < -0.39 is 0 Å². The summed E-state index contributed by atoms with van der Waals surface area (Å²) in [5.41, 5.74) is 1.06. The number of hydrogen-bond acceptors (Lipinski definition) is 9. The molecule has 0 atom stereocenters. The predicted octanol–water partition coefficient (Wildman–Crippen LogP) is 1.26. The number of thioether (sulfide) groups is 2. The number of nitrogens with one attached hydrogen (secondary N) is 4. The van der Waals surface area contributed by atoms with Crippen LogP contribution in [0.2, 0.25) is 0 Å². The Hall–Kier alpha value is -3.37. The van der Waals surface area contributed by atoms with E-state index in [1.165, 1.54) is 42.0 Å². The Morgan fingerprint density at radius 2 is 1.61 bits per heavy atom. The maximum absolute atomic E-state index is 12.1. The molecule has 3 aromatic rings. The molecule has 1 aromatic carbocycles. The van der Waals surface area contributed by atoms with E-state index in [0.29, 0.717) is 21.4 Å². The number of nitrogens with zero attached hydrogens (tertiary/aromatic N) is 5. The third-order valence-corrected chi connectivity index (χ3v) is 4.98. The molecule has 2 amide bonds. The summed E-state index contributed by atoms with van der Waals surface area (Å²) in [6, 6.07) is 6.69. The van der Waals surface area contributed by atoms with Crippen LogP contribution in [0.3, 0.4) is 0 Å². The van der Waals surface area contributed by atoms with Crippen molar-refractivity contribution in [2.45, 2.75) is 10.1 Å². The van der Waals surface area contributed by atoms with Crippen molar-refractivity contribution >= 4 is 46.7 Å². The van der Waals surface area contributed by atoms with Gasteiger partial charge < -0.3 is 10.6 Å². The lowest BCUT2D eigenvalue weighted by molar-refractivity contribution is -0.114. The van der Waals surface area contributed by atoms with Crippen molar-refractivity contribution < 1.29 is 9.59 Å². The molecule has 0 saturated heterocycles. The van der Waals surface area contributed by atoms with Crippen molar-refractivity contribution in [2.75, 3.05) is 22.1 Å². The highest BCUT2D eigenvalue weighted by Crippen LogP contribution is 2.21. The van der Waals surface area contributed by atoms with E-state index in [0.717, 1.165) is 0 Å². The molecule has 0 aliphatic carbocycles. The Bertz CT molecular complexity index is 984. The van der Waals surface area contributed by atoms with E-state index in [2.05, 4.69) is 41.5 Å². The van der Waals surface area contributed by atoms with Gasteiger partial charge >= 0.3 is 0 Å². The Kier molecular flexibility index (Phi) is 6.60. The number of nitriles is 1. The van der Waals surface area contributed by atoms with Crippen LogP contribution in [-0.2, 0) is 9.59 Å². The van der Waals surface area contributed by atoms with Crippen LogP contribution in [0.25, 0.3) is 0 Å². The normalized spacial score (nSPS) is 10.2. The molecule has 11 nitrogen and oxygen atoms in total.